The summed E-state index contributed by atoms with van der Waals surface area (Å²) in [6, 6.07) is 5.09. The molecule has 4 aliphatic rings. The predicted molar refractivity (Wildman–Crippen MR) is 107 cm³/mol. The number of thiophene rings is 1. The lowest BCUT2D eigenvalue weighted by atomic mass is 9.83. The first-order chi connectivity index (χ1) is 12.5. The molecule has 5 rings (SSSR count). The Morgan fingerprint density at radius 2 is 1.85 bits per heavy atom. The Hall–Kier alpha value is -0.900. The van der Waals surface area contributed by atoms with Gasteiger partial charge in [0, 0.05) is 50.2 Å². The number of piperidine rings is 3. The van der Waals surface area contributed by atoms with Crippen LogP contribution in [-0.4, -0.2) is 77.3 Å². The largest absolute Gasteiger partial charge is 0.378 e. The number of rotatable bonds is 3. The van der Waals surface area contributed by atoms with Crippen LogP contribution in [0.5, 0.6) is 0 Å². The fourth-order valence-corrected chi connectivity index (χ4v) is 5.47. The van der Waals surface area contributed by atoms with E-state index in [-0.39, 0.29) is 0 Å². The minimum absolute atomic E-state index is 0.810. The van der Waals surface area contributed by atoms with Crippen LogP contribution in [0, 0.1) is 17.8 Å². The maximum absolute atomic E-state index is 9.73. The lowest BCUT2D eigenvalue weighted by molar-refractivity contribution is -0.0161. The molecule has 0 spiro atoms. The average molecular weight is 374 g/mol. The van der Waals surface area contributed by atoms with E-state index in [1.54, 1.807) is 25.2 Å². The Labute approximate surface area is 161 Å². The van der Waals surface area contributed by atoms with Crippen molar-refractivity contribution in [3.63, 3.8) is 0 Å². The highest BCUT2D eigenvalue weighted by Crippen LogP contribution is 2.31. The van der Waals surface area contributed by atoms with E-state index in [1.165, 1.54) is 63.5 Å². The summed E-state index contributed by atoms with van der Waals surface area (Å²) in [6.45, 7) is 13.2. The number of hydrogen-bond donors (Lipinski definition) is 1. The molecular weight excluding hydrogens is 342 g/mol. The summed E-state index contributed by atoms with van der Waals surface area (Å²) in [7, 11) is 0. The molecule has 0 unspecified atom stereocenters. The average Bonchev–Trinajstić information content (AvgIpc) is 3.08. The van der Waals surface area contributed by atoms with Crippen molar-refractivity contribution in [2.24, 2.45) is 5.92 Å². The van der Waals surface area contributed by atoms with E-state index in [9.17, 15) is 5.11 Å². The van der Waals surface area contributed by atoms with E-state index >= 15 is 0 Å². The molecule has 1 N–H and O–H groups in total. The number of hydrogen-bond acceptors (Lipinski definition) is 5. The van der Waals surface area contributed by atoms with Crippen LogP contribution in [0.1, 0.15) is 36.4 Å². The van der Waals surface area contributed by atoms with E-state index in [2.05, 4.69) is 38.7 Å². The van der Waals surface area contributed by atoms with Crippen LogP contribution in [0.15, 0.2) is 12.1 Å². The molecule has 1 atom stereocenters. The number of fused-ring (bicyclic) bond motifs is 3. The fraction of sp³-hybridized carbons (Fsp3) is 0.714. The van der Waals surface area contributed by atoms with Gasteiger partial charge in [0.2, 0.25) is 0 Å². The van der Waals surface area contributed by atoms with Crippen LogP contribution >= 0.6 is 11.3 Å². The third kappa shape index (κ3) is 4.49. The Bertz CT molecular complexity index is 667. The number of piperazine rings is 1. The number of aliphatic hydroxyl groups is 1. The molecule has 0 amide bonds. The smallest absolute Gasteiger partial charge is 0.120 e. The Balaban J connectivity index is 1.28. The van der Waals surface area contributed by atoms with Gasteiger partial charge >= 0.3 is 0 Å². The summed E-state index contributed by atoms with van der Waals surface area (Å²) in [6.07, 6.45) is 2.82. The van der Waals surface area contributed by atoms with Crippen molar-refractivity contribution in [2.75, 3.05) is 45.8 Å². The lowest BCUT2D eigenvalue weighted by Crippen LogP contribution is -2.60. The third-order valence-corrected chi connectivity index (χ3v) is 7.02. The lowest BCUT2D eigenvalue weighted by Gasteiger charge is -2.51. The summed E-state index contributed by atoms with van der Waals surface area (Å²) in [5.74, 6) is 6.94. The minimum atomic E-state index is -0.921. The highest BCUT2D eigenvalue weighted by molar-refractivity contribution is 7.12. The number of nitrogens with zero attached hydrogens (tertiary/aromatic N) is 3. The van der Waals surface area contributed by atoms with Crippen LogP contribution in [0.2, 0.25) is 0 Å². The Morgan fingerprint density at radius 1 is 1.12 bits per heavy atom. The molecule has 4 fully saturated rings. The Kier molecular flexibility index (Phi) is 5.41. The first-order valence-electron chi connectivity index (χ1n) is 9.99. The fourth-order valence-electron chi connectivity index (χ4n) is 4.57. The van der Waals surface area contributed by atoms with Crippen molar-refractivity contribution >= 4 is 11.3 Å². The molecule has 142 valence electrons. The monoisotopic (exact) mass is 373 g/mol. The predicted octanol–water partition coefficient (Wildman–Crippen LogP) is 2.08. The Morgan fingerprint density at radius 3 is 2.46 bits per heavy atom. The van der Waals surface area contributed by atoms with Crippen molar-refractivity contribution in [3.8, 4) is 11.8 Å². The van der Waals surface area contributed by atoms with Crippen LogP contribution in [0.4, 0.5) is 0 Å². The molecule has 5 heterocycles. The zero-order valence-electron chi connectivity index (χ0n) is 16.1. The maximum atomic E-state index is 9.73. The molecule has 4 nitrogen and oxygen atoms in total. The SMILES string of the molecule is CC(C)(O)C#Cc1ccc(CN2CCN([C@@H]3CN4CCC3CC4)CC2)s1. The van der Waals surface area contributed by atoms with Crippen molar-refractivity contribution in [1.82, 2.24) is 14.7 Å². The minimum Gasteiger partial charge on any atom is -0.378 e. The quantitative estimate of drug-likeness (QED) is 0.822. The van der Waals surface area contributed by atoms with Gasteiger partial charge in [-0.15, -0.1) is 11.3 Å². The van der Waals surface area contributed by atoms with Gasteiger partial charge in [0.1, 0.15) is 5.60 Å². The van der Waals surface area contributed by atoms with E-state index < -0.39 is 5.60 Å². The molecule has 26 heavy (non-hydrogen) atoms. The normalized spacial score (nSPS) is 30.2. The van der Waals surface area contributed by atoms with E-state index in [0.717, 1.165) is 23.4 Å². The van der Waals surface area contributed by atoms with Gasteiger partial charge in [0.25, 0.3) is 0 Å². The molecule has 4 aliphatic heterocycles. The molecule has 0 radical (unpaired) electrons. The summed E-state index contributed by atoms with van der Waals surface area (Å²) in [5.41, 5.74) is -0.921. The second-order valence-corrected chi connectivity index (χ2v) is 9.76. The van der Waals surface area contributed by atoms with E-state index in [1.807, 2.05) is 0 Å². The topological polar surface area (TPSA) is 30.0 Å². The van der Waals surface area contributed by atoms with Gasteiger partial charge in [0.05, 0.1) is 4.88 Å². The van der Waals surface area contributed by atoms with Gasteiger partial charge in [-0.05, 0) is 57.8 Å². The molecule has 1 aromatic heterocycles. The second kappa shape index (κ2) is 7.61. The van der Waals surface area contributed by atoms with Gasteiger partial charge in [0.15, 0.2) is 0 Å². The third-order valence-electron chi connectivity index (χ3n) is 6.03. The molecule has 0 aliphatic carbocycles. The van der Waals surface area contributed by atoms with Gasteiger partial charge in [-0.2, -0.15) is 0 Å². The summed E-state index contributed by atoms with van der Waals surface area (Å²) >= 11 is 1.76. The standard InChI is InChI=1S/C21H31N3OS/c1-21(2,25)8-5-18-3-4-19(26-18)15-23-11-13-24(14-12-23)20-16-22-9-6-17(20)7-10-22/h3-4,17,20,25H,6-7,9-16H2,1-2H3/t20-/m1/s1. The van der Waals surface area contributed by atoms with Crippen molar-refractivity contribution in [3.05, 3.63) is 21.9 Å². The summed E-state index contributed by atoms with van der Waals surface area (Å²) in [4.78, 5) is 10.4. The van der Waals surface area contributed by atoms with Crippen LogP contribution in [0.25, 0.3) is 0 Å². The van der Waals surface area contributed by atoms with Crippen LogP contribution in [0.3, 0.4) is 0 Å². The van der Waals surface area contributed by atoms with Crippen molar-refractivity contribution < 1.29 is 5.11 Å². The van der Waals surface area contributed by atoms with Gasteiger partial charge < -0.3 is 10.0 Å². The van der Waals surface area contributed by atoms with Crippen molar-refractivity contribution in [1.29, 1.82) is 0 Å². The highest BCUT2D eigenvalue weighted by atomic mass is 32.1. The molecule has 0 saturated carbocycles. The molecule has 2 bridgehead atoms. The molecular formula is C21H31N3OS. The van der Waals surface area contributed by atoms with Crippen LogP contribution in [-0.2, 0) is 6.54 Å². The zero-order valence-corrected chi connectivity index (χ0v) is 16.9. The molecule has 4 saturated heterocycles. The van der Waals surface area contributed by atoms with Gasteiger partial charge in [-0.1, -0.05) is 11.8 Å². The summed E-state index contributed by atoms with van der Waals surface area (Å²) < 4.78 is 0. The first-order valence-corrected chi connectivity index (χ1v) is 10.8. The first kappa shape index (κ1) is 18.5. The maximum Gasteiger partial charge on any atom is 0.120 e. The zero-order chi connectivity index (χ0) is 18.1. The van der Waals surface area contributed by atoms with Gasteiger partial charge in [-0.3, -0.25) is 9.80 Å². The molecule has 1 aromatic rings. The second-order valence-electron chi connectivity index (χ2n) is 8.59. The van der Waals surface area contributed by atoms with E-state index in [0.29, 0.717) is 0 Å². The highest BCUT2D eigenvalue weighted by Gasteiger charge is 2.38. The molecule has 0 aromatic carbocycles. The molecule has 5 heteroatoms. The van der Waals surface area contributed by atoms with Crippen molar-refractivity contribution in [2.45, 2.75) is 44.9 Å². The summed E-state index contributed by atoms with van der Waals surface area (Å²) in [5, 5.41) is 9.73. The van der Waals surface area contributed by atoms with Gasteiger partial charge in [-0.25, -0.2) is 0 Å². The van der Waals surface area contributed by atoms with Crippen LogP contribution < -0.4 is 0 Å². The van der Waals surface area contributed by atoms with E-state index in [4.69, 9.17) is 0 Å².